The molecule has 0 aliphatic carbocycles. The van der Waals surface area contributed by atoms with Gasteiger partial charge in [0.15, 0.2) is 0 Å². The molecule has 342 valence electrons. The van der Waals surface area contributed by atoms with E-state index in [1.807, 2.05) is 6.92 Å². The van der Waals surface area contributed by atoms with Crippen molar-refractivity contribution < 1.29 is 53.2 Å². The molecule has 0 spiro atoms. The van der Waals surface area contributed by atoms with Gasteiger partial charge in [-0.2, -0.15) is 0 Å². The van der Waals surface area contributed by atoms with E-state index < -0.39 is 35.9 Å². The van der Waals surface area contributed by atoms with Gasteiger partial charge in [-0.25, -0.2) is 19.2 Å². The van der Waals surface area contributed by atoms with Crippen molar-refractivity contribution in [2.75, 3.05) is 6.54 Å². The van der Waals surface area contributed by atoms with Crippen LogP contribution in [0.5, 0.6) is 0 Å². The molecule has 1 aliphatic heterocycles. The standard InChI is InChI=1S/C23H45NO4.C20H36O4.C4H2O3/c1-4-7-9-11-12-13-15-17-20(16-14-10-8-5-2)28-22(25)19-21(23(26)27)24-18-6-3;1-3-5-7-9-10-11-13-15-18(14-12-8-6-4-2)24-20(23)17-16-19(21)22;5-3-1-2-4(6)7-3/h20-21,24H,4-19H2,1-3H3,(H,26,27);16-18H,3-15H2,1-2H3,(H,21,22);1-2H/b;17-16+;. The Balaban J connectivity index is 0. The molecule has 0 amide bonds. The van der Waals surface area contributed by atoms with Crippen LogP contribution in [0.1, 0.15) is 214 Å². The van der Waals surface area contributed by atoms with Crippen LogP contribution in [0.2, 0.25) is 0 Å². The number of aliphatic carboxylic acids is 2. The summed E-state index contributed by atoms with van der Waals surface area (Å²) in [5, 5.41) is 20.7. The van der Waals surface area contributed by atoms with Crippen LogP contribution >= 0.6 is 0 Å². The van der Waals surface area contributed by atoms with Crippen molar-refractivity contribution in [3.8, 4) is 0 Å². The van der Waals surface area contributed by atoms with Crippen LogP contribution in [0.25, 0.3) is 0 Å². The van der Waals surface area contributed by atoms with Gasteiger partial charge in [-0.15, -0.1) is 0 Å². The summed E-state index contributed by atoms with van der Waals surface area (Å²) < 4.78 is 15.1. The number of ether oxygens (including phenoxy) is 3. The molecule has 3 N–H and O–H groups in total. The topological polar surface area (TPSA) is 183 Å². The molecular weight excluding hydrogens is 755 g/mol. The third kappa shape index (κ3) is 41.0. The van der Waals surface area contributed by atoms with E-state index >= 15 is 0 Å². The minimum absolute atomic E-state index is 0.0689. The maximum atomic E-state index is 12.3. The molecule has 12 nitrogen and oxygen atoms in total. The van der Waals surface area contributed by atoms with Crippen LogP contribution in [0.3, 0.4) is 0 Å². The van der Waals surface area contributed by atoms with Gasteiger partial charge in [-0.05, 0) is 64.3 Å². The lowest BCUT2D eigenvalue weighted by molar-refractivity contribution is -0.154. The minimum atomic E-state index is -1.13. The van der Waals surface area contributed by atoms with Gasteiger partial charge in [0.2, 0.25) is 0 Å². The van der Waals surface area contributed by atoms with Gasteiger partial charge in [-0.1, -0.05) is 150 Å². The van der Waals surface area contributed by atoms with E-state index in [1.165, 1.54) is 103 Å². The van der Waals surface area contributed by atoms with Crippen molar-refractivity contribution in [1.82, 2.24) is 5.32 Å². The third-order valence-corrected chi connectivity index (χ3v) is 9.83. The monoisotopic (exact) mass is 838 g/mol. The Morgan fingerprint density at radius 3 is 1.27 bits per heavy atom. The zero-order valence-corrected chi connectivity index (χ0v) is 37.6. The molecule has 3 atom stereocenters. The van der Waals surface area contributed by atoms with Crippen molar-refractivity contribution in [3.63, 3.8) is 0 Å². The van der Waals surface area contributed by atoms with Crippen LogP contribution in [0, 0.1) is 0 Å². The first kappa shape index (κ1) is 57.6. The quantitative estimate of drug-likeness (QED) is 0.0179. The van der Waals surface area contributed by atoms with Crippen LogP contribution in [-0.4, -0.2) is 70.8 Å². The number of cyclic esters (lactones) is 2. The summed E-state index contributed by atoms with van der Waals surface area (Å²) >= 11 is 0. The van der Waals surface area contributed by atoms with E-state index in [-0.39, 0.29) is 24.6 Å². The average Bonchev–Trinajstić information content (AvgIpc) is 3.59. The van der Waals surface area contributed by atoms with E-state index in [9.17, 15) is 33.9 Å². The number of nitrogens with one attached hydrogen (secondary N) is 1. The Hall–Kier alpha value is -3.54. The largest absolute Gasteiger partial charge is 0.480 e. The second kappa shape index (κ2) is 42.6. The highest BCUT2D eigenvalue weighted by molar-refractivity contribution is 6.04. The fourth-order valence-electron chi connectivity index (χ4n) is 6.39. The second-order valence-corrected chi connectivity index (χ2v) is 15.5. The fraction of sp³-hybridized carbons (Fsp3) is 0.787. The molecule has 0 saturated heterocycles. The first-order valence-electron chi connectivity index (χ1n) is 23.1. The number of hydrogen-bond acceptors (Lipinski definition) is 10. The number of rotatable bonds is 36. The van der Waals surface area contributed by atoms with E-state index in [4.69, 9.17) is 14.6 Å². The number of esters is 4. The Morgan fingerprint density at radius 2 is 0.932 bits per heavy atom. The predicted molar refractivity (Wildman–Crippen MR) is 234 cm³/mol. The van der Waals surface area contributed by atoms with Gasteiger partial charge in [0.05, 0.1) is 6.42 Å². The van der Waals surface area contributed by atoms with Crippen molar-refractivity contribution in [1.29, 1.82) is 0 Å². The van der Waals surface area contributed by atoms with Crippen molar-refractivity contribution in [2.24, 2.45) is 0 Å². The highest BCUT2D eigenvalue weighted by Crippen LogP contribution is 2.19. The fourth-order valence-corrected chi connectivity index (χ4v) is 6.39. The SMILES string of the molecule is CCCCCCCCCC(CCCCCC)OC(=O)/C=C/C(=O)O.CCCCCCCCCC(CCCCCC)OC(=O)CC(NCCC)C(=O)O.O=C1C=CC(=O)O1. The first-order valence-corrected chi connectivity index (χ1v) is 23.1. The predicted octanol–water partition coefficient (Wildman–Crippen LogP) is 11.1. The molecule has 0 radical (unpaired) electrons. The normalized spacial score (nSPS) is 13.4. The summed E-state index contributed by atoms with van der Waals surface area (Å²) in [6.45, 7) is 11.4. The van der Waals surface area contributed by atoms with Gasteiger partial charge in [0.1, 0.15) is 18.2 Å². The molecule has 1 heterocycles. The van der Waals surface area contributed by atoms with Crippen LogP contribution < -0.4 is 5.32 Å². The number of carboxylic acids is 2. The summed E-state index contributed by atoms with van der Waals surface area (Å²) in [5.74, 6) is -4.20. The molecule has 0 aromatic carbocycles. The highest BCUT2D eigenvalue weighted by Gasteiger charge is 2.23. The van der Waals surface area contributed by atoms with E-state index in [0.29, 0.717) is 6.54 Å². The highest BCUT2D eigenvalue weighted by atomic mass is 16.6. The number of carbonyl (C=O) groups excluding carboxylic acids is 4. The molecule has 0 aromatic rings. The second-order valence-electron chi connectivity index (χ2n) is 15.5. The lowest BCUT2D eigenvalue weighted by Gasteiger charge is -2.20. The average molecular weight is 838 g/mol. The molecular formula is C47H83NO11. The number of carboxylic acid groups (broad SMARTS) is 2. The molecule has 1 rings (SSSR count). The zero-order valence-electron chi connectivity index (χ0n) is 37.6. The van der Waals surface area contributed by atoms with Gasteiger partial charge < -0.3 is 29.7 Å². The third-order valence-electron chi connectivity index (χ3n) is 9.83. The molecule has 12 heteroatoms. The van der Waals surface area contributed by atoms with Gasteiger partial charge >= 0.3 is 35.8 Å². The van der Waals surface area contributed by atoms with Crippen molar-refractivity contribution >= 4 is 35.8 Å². The van der Waals surface area contributed by atoms with Crippen LogP contribution in [0.4, 0.5) is 0 Å². The molecule has 0 aromatic heterocycles. The molecule has 59 heavy (non-hydrogen) atoms. The Kier molecular flexibility index (Phi) is 41.5. The van der Waals surface area contributed by atoms with Crippen molar-refractivity contribution in [3.05, 3.63) is 24.3 Å². The molecule has 0 saturated carbocycles. The number of carbonyl (C=O) groups is 6. The molecule has 0 bridgehead atoms. The van der Waals surface area contributed by atoms with Gasteiger partial charge in [0.25, 0.3) is 0 Å². The van der Waals surface area contributed by atoms with Crippen LogP contribution in [-0.2, 0) is 43.0 Å². The summed E-state index contributed by atoms with van der Waals surface area (Å²) in [7, 11) is 0. The first-order chi connectivity index (χ1) is 28.4. The van der Waals surface area contributed by atoms with E-state index in [2.05, 4.69) is 37.7 Å². The number of hydrogen-bond donors (Lipinski definition) is 3. The summed E-state index contributed by atoms with van der Waals surface area (Å²) in [4.78, 5) is 65.6. The lowest BCUT2D eigenvalue weighted by Crippen LogP contribution is -2.39. The Labute approximate surface area is 357 Å². The minimum Gasteiger partial charge on any atom is -0.480 e. The lowest BCUT2D eigenvalue weighted by atomic mass is 10.0. The maximum absolute atomic E-state index is 12.3. The van der Waals surface area contributed by atoms with E-state index in [1.54, 1.807) is 0 Å². The summed E-state index contributed by atoms with van der Waals surface area (Å²) in [6, 6.07) is -0.855. The smallest absolute Gasteiger partial charge is 0.338 e. The maximum Gasteiger partial charge on any atom is 0.338 e. The molecule has 0 fully saturated rings. The molecule has 3 unspecified atom stereocenters. The van der Waals surface area contributed by atoms with E-state index in [0.717, 1.165) is 94.9 Å². The Morgan fingerprint density at radius 1 is 0.559 bits per heavy atom. The summed E-state index contributed by atoms with van der Waals surface area (Å²) in [5.41, 5.74) is 0. The van der Waals surface area contributed by atoms with Gasteiger partial charge in [-0.3, -0.25) is 9.59 Å². The Bertz CT molecular complexity index is 1140. The van der Waals surface area contributed by atoms with Crippen LogP contribution in [0.15, 0.2) is 24.3 Å². The van der Waals surface area contributed by atoms with Gasteiger partial charge in [0, 0.05) is 24.3 Å². The number of unbranched alkanes of at least 4 members (excludes halogenated alkanes) is 18. The summed E-state index contributed by atoms with van der Waals surface area (Å²) in [6.07, 6.45) is 34.7. The zero-order chi connectivity index (χ0) is 44.4. The van der Waals surface area contributed by atoms with Crippen molar-refractivity contribution in [2.45, 2.75) is 233 Å². The molecule has 1 aliphatic rings.